The molecule has 1 aromatic rings. The van der Waals surface area contributed by atoms with Crippen molar-refractivity contribution < 1.29 is 19.7 Å². The SMILES string of the molecule is CCC(CO)NCC(O)c1ccc(OC)c(OC)c1. The first-order chi connectivity index (χ1) is 9.15. The molecule has 2 atom stereocenters. The molecule has 0 aromatic heterocycles. The first kappa shape index (κ1) is 15.8. The fourth-order valence-corrected chi connectivity index (χ4v) is 1.79. The lowest BCUT2D eigenvalue weighted by atomic mass is 10.1. The van der Waals surface area contributed by atoms with Crippen molar-refractivity contribution >= 4 is 0 Å². The normalized spacial score (nSPS) is 13.9. The number of ether oxygens (including phenoxy) is 2. The van der Waals surface area contributed by atoms with Gasteiger partial charge in [0.25, 0.3) is 0 Å². The molecular weight excluding hydrogens is 246 g/mol. The summed E-state index contributed by atoms with van der Waals surface area (Å²) < 4.78 is 10.3. The fourth-order valence-electron chi connectivity index (χ4n) is 1.79. The monoisotopic (exact) mass is 269 g/mol. The summed E-state index contributed by atoms with van der Waals surface area (Å²) >= 11 is 0. The number of rotatable bonds is 8. The maximum absolute atomic E-state index is 10.1. The van der Waals surface area contributed by atoms with Crippen LogP contribution in [0.15, 0.2) is 18.2 Å². The molecule has 2 unspecified atom stereocenters. The number of benzene rings is 1. The third kappa shape index (κ3) is 4.38. The number of nitrogens with one attached hydrogen (secondary N) is 1. The van der Waals surface area contributed by atoms with Crippen molar-refractivity contribution in [2.24, 2.45) is 0 Å². The Morgan fingerprint density at radius 1 is 1.21 bits per heavy atom. The smallest absolute Gasteiger partial charge is 0.161 e. The Bertz CT molecular complexity index is 380. The topological polar surface area (TPSA) is 71.0 Å². The number of methoxy groups -OCH3 is 2. The van der Waals surface area contributed by atoms with Crippen LogP contribution in [0.2, 0.25) is 0 Å². The van der Waals surface area contributed by atoms with E-state index in [4.69, 9.17) is 14.6 Å². The maximum atomic E-state index is 10.1. The van der Waals surface area contributed by atoms with Crippen LogP contribution in [0, 0.1) is 0 Å². The second-order valence-corrected chi connectivity index (χ2v) is 4.33. The van der Waals surface area contributed by atoms with E-state index < -0.39 is 6.10 Å². The minimum atomic E-state index is -0.652. The minimum absolute atomic E-state index is 0.00907. The quantitative estimate of drug-likeness (QED) is 0.659. The Hall–Kier alpha value is -1.30. The summed E-state index contributed by atoms with van der Waals surface area (Å²) in [6.45, 7) is 2.43. The highest BCUT2D eigenvalue weighted by molar-refractivity contribution is 5.43. The molecule has 0 radical (unpaired) electrons. The molecule has 0 saturated heterocycles. The highest BCUT2D eigenvalue weighted by Gasteiger charge is 2.13. The summed E-state index contributed by atoms with van der Waals surface area (Å²) in [5, 5.41) is 22.3. The van der Waals surface area contributed by atoms with Crippen LogP contribution in [0.5, 0.6) is 11.5 Å². The van der Waals surface area contributed by atoms with Crippen molar-refractivity contribution in [1.29, 1.82) is 0 Å². The van der Waals surface area contributed by atoms with Crippen molar-refractivity contribution in [2.45, 2.75) is 25.5 Å². The molecule has 0 aliphatic carbocycles. The van der Waals surface area contributed by atoms with Crippen molar-refractivity contribution in [3.8, 4) is 11.5 Å². The van der Waals surface area contributed by atoms with Crippen molar-refractivity contribution in [2.75, 3.05) is 27.4 Å². The van der Waals surface area contributed by atoms with Crippen LogP contribution >= 0.6 is 0 Å². The van der Waals surface area contributed by atoms with E-state index in [-0.39, 0.29) is 12.6 Å². The van der Waals surface area contributed by atoms with Crippen LogP contribution in [-0.4, -0.2) is 43.6 Å². The van der Waals surface area contributed by atoms with Gasteiger partial charge in [0, 0.05) is 12.6 Å². The molecule has 0 amide bonds. The van der Waals surface area contributed by atoms with Crippen LogP contribution in [0.4, 0.5) is 0 Å². The van der Waals surface area contributed by atoms with Gasteiger partial charge in [0.15, 0.2) is 11.5 Å². The molecule has 0 heterocycles. The van der Waals surface area contributed by atoms with Crippen molar-refractivity contribution in [3.05, 3.63) is 23.8 Å². The van der Waals surface area contributed by atoms with E-state index in [9.17, 15) is 5.11 Å². The number of aliphatic hydroxyl groups excluding tert-OH is 2. The van der Waals surface area contributed by atoms with Gasteiger partial charge in [-0.2, -0.15) is 0 Å². The van der Waals surface area contributed by atoms with Gasteiger partial charge in [-0.1, -0.05) is 13.0 Å². The van der Waals surface area contributed by atoms with Gasteiger partial charge in [-0.3, -0.25) is 0 Å². The van der Waals surface area contributed by atoms with E-state index in [0.717, 1.165) is 12.0 Å². The third-order valence-electron chi connectivity index (χ3n) is 3.11. The summed E-state index contributed by atoms with van der Waals surface area (Å²) in [5.74, 6) is 1.22. The summed E-state index contributed by atoms with van der Waals surface area (Å²) in [6, 6.07) is 5.33. The van der Waals surface area contributed by atoms with E-state index >= 15 is 0 Å². The van der Waals surface area contributed by atoms with E-state index in [2.05, 4.69) is 5.32 Å². The molecule has 108 valence electrons. The Balaban J connectivity index is 2.68. The van der Waals surface area contributed by atoms with E-state index in [1.807, 2.05) is 6.92 Å². The Morgan fingerprint density at radius 2 is 1.89 bits per heavy atom. The second kappa shape index (κ2) is 7.99. The minimum Gasteiger partial charge on any atom is -0.493 e. The van der Waals surface area contributed by atoms with Crippen molar-refractivity contribution in [1.82, 2.24) is 5.32 Å². The summed E-state index contributed by atoms with van der Waals surface area (Å²) in [7, 11) is 3.13. The number of aliphatic hydroxyl groups is 2. The van der Waals surface area contributed by atoms with Gasteiger partial charge in [0.1, 0.15) is 0 Å². The van der Waals surface area contributed by atoms with Gasteiger partial charge in [-0.25, -0.2) is 0 Å². The van der Waals surface area contributed by atoms with Crippen LogP contribution in [-0.2, 0) is 0 Å². The Morgan fingerprint density at radius 3 is 2.42 bits per heavy atom. The molecule has 0 fully saturated rings. The molecule has 0 saturated carbocycles. The molecule has 0 aliphatic heterocycles. The zero-order valence-electron chi connectivity index (χ0n) is 11.7. The predicted octanol–water partition coefficient (Wildman–Crippen LogP) is 1.10. The number of hydrogen-bond donors (Lipinski definition) is 3. The maximum Gasteiger partial charge on any atom is 0.161 e. The first-order valence-corrected chi connectivity index (χ1v) is 6.40. The van der Waals surface area contributed by atoms with E-state index in [1.54, 1.807) is 32.4 Å². The molecule has 5 nitrogen and oxygen atoms in total. The van der Waals surface area contributed by atoms with Crippen LogP contribution in [0.25, 0.3) is 0 Å². The zero-order chi connectivity index (χ0) is 14.3. The second-order valence-electron chi connectivity index (χ2n) is 4.33. The molecule has 0 bridgehead atoms. The Labute approximate surface area is 114 Å². The lowest BCUT2D eigenvalue weighted by Crippen LogP contribution is -2.34. The molecule has 1 aromatic carbocycles. The van der Waals surface area contributed by atoms with Gasteiger partial charge < -0.3 is 25.0 Å². The van der Waals surface area contributed by atoms with Crippen LogP contribution in [0.3, 0.4) is 0 Å². The van der Waals surface area contributed by atoms with Gasteiger partial charge in [-0.05, 0) is 24.1 Å². The standard InChI is InChI=1S/C14H23NO4/c1-4-11(9-16)15-8-12(17)10-5-6-13(18-2)14(7-10)19-3/h5-7,11-12,15-17H,4,8-9H2,1-3H3. The molecule has 5 heteroatoms. The Kier molecular flexibility index (Phi) is 6.62. The molecular formula is C14H23NO4. The largest absolute Gasteiger partial charge is 0.493 e. The fraction of sp³-hybridized carbons (Fsp3) is 0.571. The third-order valence-corrected chi connectivity index (χ3v) is 3.11. The lowest BCUT2D eigenvalue weighted by Gasteiger charge is -2.18. The van der Waals surface area contributed by atoms with E-state index in [1.165, 1.54) is 0 Å². The highest BCUT2D eigenvalue weighted by Crippen LogP contribution is 2.29. The molecule has 1 rings (SSSR count). The summed E-state index contributed by atoms with van der Waals surface area (Å²) in [4.78, 5) is 0. The molecule has 3 N–H and O–H groups in total. The van der Waals surface area contributed by atoms with E-state index in [0.29, 0.717) is 18.0 Å². The van der Waals surface area contributed by atoms with Gasteiger partial charge in [0.05, 0.1) is 26.9 Å². The average Bonchev–Trinajstić information content (AvgIpc) is 2.47. The predicted molar refractivity (Wildman–Crippen MR) is 73.7 cm³/mol. The van der Waals surface area contributed by atoms with Crippen molar-refractivity contribution in [3.63, 3.8) is 0 Å². The van der Waals surface area contributed by atoms with Crippen LogP contribution < -0.4 is 14.8 Å². The first-order valence-electron chi connectivity index (χ1n) is 6.40. The summed E-state index contributed by atoms with van der Waals surface area (Å²) in [5.41, 5.74) is 0.748. The van der Waals surface area contributed by atoms with Gasteiger partial charge >= 0.3 is 0 Å². The highest BCUT2D eigenvalue weighted by atomic mass is 16.5. The van der Waals surface area contributed by atoms with Gasteiger partial charge in [0.2, 0.25) is 0 Å². The van der Waals surface area contributed by atoms with Gasteiger partial charge in [-0.15, -0.1) is 0 Å². The number of hydrogen-bond acceptors (Lipinski definition) is 5. The zero-order valence-corrected chi connectivity index (χ0v) is 11.7. The molecule has 19 heavy (non-hydrogen) atoms. The van der Waals surface area contributed by atoms with Crippen LogP contribution in [0.1, 0.15) is 25.0 Å². The lowest BCUT2D eigenvalue weighted by molar-refractivity contribution is 0.157. The average molecular weight is 269 g/mol. The molecule has 0 aliphatic rings. The molecule has 0 spiro atoms. The summed E-state index contributed by atoms with van der Waals surface area (Å²) in [6.07, 6.45) is 0.162.